The zero-order valence-corrected chi connectivity index (χ0v) is 17.7. The number of hydrogen-bond donors (Lipinski definition) is 4. The first-order valence-electron chi connectivity index (χ1n) is 9.49. The zero-order valence-electron chi connectivity index (χ0n) is 16.2. The van der Waals surface area contributed by atoms with Crippen LogP contribution < -0.4 is 4.74 Å². The van der Waals surface area contributed by atoms with Crippen LogP contribution in [-0.2, 0) is 15.9 Å². The number of rotatable bonds is 7. The zero-order chi connectivity index (χ0) is 22.5. The minimum absolute atomic E-state index is 0.0860. The van der Waals surface area contributed by atoms with Crippen LogP contribution in [0.4, 0.5) is 0 Å². The Balaban J connectivity index is 1.52. The summed E-state index contributed by atoms with van der Waals surface area (Å²) < 4.78 is 16.1. The van der Waals surface area contributed by atoms with Crippen molar-refractivity contribution in [1.82, 2.24) is 0 Å². The minimum atomic E-state index is -1.49. The number of esters is 1. The molecule has 10 heteroatoms. The second kappa shape index (κ2) is 10.7. The molecule has 4 N–H and O–H groups in total. The van der Waals surface area contributed by atoms with Gasteiger partial charge < -0.3 is 34.6 Å². The number of benzene rings is 2. The van der Waals surface area contributed by atoms with Gasteiger partial charge in [-0.1, -0.05) is 41.4 Å². The fourth-order valence-electron chi connectivity index (χ4n) is 3.07. The molecule has 8 nitrogen and oxygen atoms in total. The van der Waals surface area contributed by atoms with Gasteiger partial charge in [0, 0.05) is 0 Å². The normalized spacial score (nSPS) is 25.9. The highest BCUT2D eigenvalue weighted by Gasteiger charge is 2.43. The Bertz CT molecular complexity index is 869. The molecule has 1 fully saturated rings. The Morgan fingerprint density at radius 1 is 0.968 bits per heavy atom. The van der Waals surface area contributed by atoms with E-state index in [0.717, 1.165) is 5.56 Å². The number of hydrogen-bond acceptors (Lipinski definition) is 8. The summed E-state index contributed by atoms with van der Waals surface area (Å²) in [7, 11) is 0. The Hall–Kier alpha value is -1.75. The molecule has 0 bridgehead atoms. The second-order valence-electron chi connectivity index (χ2n) is 6.95. The van der Waals surface area contributed by atoms with Crippen molar-refractivity contribution in [3.05, 3.63) is 63.6 Å². The Kier molecular flexibility index (Phi) is 8.26. The molecule has 1 aliphatic heterocycles. The molecular formula is C21H22Cl2O8. The topological polar surface area (TPSA) is 126 Å². The van der Waals surface area contributed by atoms with Crippen molar-refractivity contribution in [1.29, 1.82) is 0 Å². The smallest absolute Gasteiger partial charge is 0.346 e. The number of aliphatic hydroxyl groups excluding tert-OH is 4. The maximum Gasteiger partial charge on any atom is 0.346 e. The molecule has 1 saturated heterocycles. The molecule has 168 valence electrons. The Morgan fingerprint density at radius 2 is 1.61 bits per heavy atom. The third kappa shape index (κ3) is 5.74. The third-order valence-electron chi connectivity index (χ3n) is 4.82. The van der Waals surface area contributed by atoms with Gasteiger partial charge in [-0.25, -0.2) is 4.79 Å². The van der Waals surface area contributed by atoms with Gasteiger partial charge >= 0.3 is 5.97 Å². The fourth-order valence-corrected chi connectivity index (χ4v) is 3.62. The lowest BCUT2D eigenvalue weighted by Crippen LogP contribution is -2.59. The molecule has 2 aromatic rings. The lowest BCUT2D eigenvalue weighted by molar-refractivity contribution is -0.300. The van der Waals surface area contributed by atoms with Crippen LogP contribution in [0.15, 0.2) is 42.5 Å². The average Bonchev–Trinajstić information content (AvgIpc) is 2.75. The summed E-state index contributed by atoms with van der Waals surface area (Å²) in [5, 5.41) is 39.1. The predicted octanol–water partition coefficient (Wildman–Crippen LogP) is 1.57. The summed E-state index contributed by atoms with van der Waals surface area (Å²) in [6.45, 7) is -0.387. The molecular weight excluding hydrogens is 451 g/mol. The van der Waals surface area contributed by atoms with Crippen molar-refractivity contribution in [2.75, 3.05) is 13.2 Å². The monoisotopic (exact) mass is 472 g/mol. The Labute approximate surface area is 188 Å². The van der Waals surface area contributed by atoms with E-state index in [4.69, 9.17) is 37.4 Å². The lowest BCUT2D eigenvalue weighted by Gasteiger charge is -2.39. The highest BCUT2D eigenvalue weighted by atomic mass is 35.5. The van der Waals surface area contributed by atoms with E-state index in [9.17, 15) is 25.2 Å². The van der Waals surface area contributed by atoms with E-state index in [1.165, 1.54) is 0 Å². The van der Waals surface area contributed by atoms with Crippen LogP contribution in [0.2, 0.25) is 10.0 Å². The molecule has 0 radical (unpaired) electrons. The predicted molar refractivity (Wildman–Crippen MR) is 111 cm³/mol. The Morgan fingerprint density at radius 3 is 2.23 bits per heavy atom. The maximum atomic E-state index is 12.3. The first kappa shape index (κ1) is 23.9. The van der Waals surface area contributed by atoms with Crippen molar-refractivity contribution < 1.29 is 39.4 Å². The van der Waals surface area contributed by atoms with Crippen molar-refractivity contribution in [3.63, 3.8) is 0 Å². The van der Waals surface area contributed by atoms with Crippen LogP contribution in [0.5, 0.6) is 5.75 Å². The number of ether oxygens (including phenoxy) is 3. The van der Waals surface area contributed by atoms with Gasteiger partial charge in [-0.15, -0.1) is 0 Å². The van der Waals surface area contributed by atoms with Crippen molar-refractivity contribution in [2.24, 2.45) is 0 Å². The number of aliphatic hydroxyl groups is 4. The van der Waals surface area contributed by atoms with Crippen molar-refractivity contribution >= 4 is 29.2 Å². The molecule has 1 heterocycles. The molecule has 0 unspecified atom stereocenters. The number of carbonyl (C=O) groups excluding carboxylic acids is 1. The van der Waals surface area contributed by atoms with Gasteiger partial charge in [0.15, 0.2) is 6.29 Å². The fraction of sp³-hybridized carbons (Fsp3) is 0.381. The summed E-state index contributed by atoms with van der Waals surface area (Å²) in [5.41, 5.74) is 0.933. The van der Waals surface area contributed by atoms with E-state index in [-0.39, 0.29) is 22.2 Å². The molecule has 0 saturated carbocycles. The minimum Gasteiger partial charge on any atom is -0.423 e. The SMILES string of the molecule is O=C(Oc1ccc(CCO[C@@H]2O[C@H](CO)[C@@H](O)[C@H](O)[C@H]2O)cc1)c1c(Cl)cccc1Cl. The summed E-state index contributed by atoms with van der Waals surface area (Å²) in [6, 6.07) is 11.4. The molecule has 0 spiro atoms. The molecule has 0 aliphatic carbocycles. The lowest BCUT2D eigenvalue weighted by atomic mass is 9.99. The first-order chi connectivity index (χ1) is 14.8. The summed E-state index contributed by atoms with van der Waals surface area (Å²) in [5.74, 6) is -0.367. The van der Waals surface area contributed by atoms with Gasteiger partial charge in [-0.05, 0) is 36.2 Å². The van der Waals surface area contributed by atoms with Gasteiger partial charge in [0.05, 0.1) is 28.8 Å². The van der Waals surface area contributed by atoms with Gasteiger partial charge in [-0.3, -0.25) is 0 Å². The number of halogens is 2. The maximum absolute atomic E-state index is 12.3. The van der Waals surface area contributed by atoms with E-state index in [1.807, 2.05) is 0 Å². The summed E-state index contributed by atoms with van der Waals surface area (Å²) >= 11 is 12.0. The van der Waals surface area contributed by atoms with Gasteiger partial charge in [0.1, 0.15) is 30.2 Å². The molecule has 0 aromatic heterocycles. The van der Waals surface area contributed by atoms with Crippen LogP contribution in [0.3, 0.4) is 0 Å². The molecule has 0 amide bonds. The summed E-state index contributed by atoms with van der Waals surface area (Å²) in [6.07, 6.45) is -6.15. The van der Waals surface area contributed by atoms with Gasteiger partial charge in [0.2, 0.25) is 0 Å². The summed E-state index contributed by atoms with van der Waals surface area (Å²) in [4.78, 5) is 12.3. The van der Waals surface area contributed by atoms with Crippen LogP contribution in [0, 0.1) is 0 Å². The molecule has 2 aromatic carbocycles. The first-order valence-corrected chi connectivity index (χ1v) is 10.2. The number of carbonyl (C=O) groups is 1. The molecule has 1 aliphatic rings. The second-order valence-corrected chi connectivity index (χ2v) is 7.76. The third-order valence-corrected chi connectivity index (χ3v) is 5.45. The van der Waals surface area contributed by atoms with E-state index < -0.39 is 43.3 Å². The van der Waals surface area contributed by atoms with Crippen LogP contribution in [-0.4, -0.2) is 70.3 Å². The van der Waals surface area contributed by atoms with E-state index in [1.54, 1.807) is 42.5 Å². The standard InChI is InChI=1S/C21H22Cl2O8/c22-13-2-1-3-14(23)16(13)20(28)30-12-6-4-11(5-7-12)8-9-29-21-19(27)18(26)17(25)15(10-24)31-21/h1-7,15,17-19,21,24-27H,8-10H2/t15-,17-,18+,19-,21-/m1/s1. The van der Waals surface area contributed by atoms with Crippen LogP contribution >= 0.6 is 23.2 Å². The van der Waals surface area contributed by atoms with Gasteiger partial charge in [0.25, 0.3) is 0 Å². The van der Waals surface area contributed by atoms with Crippen LogP contribution in [0.1, 0.15) is 15.9 Å². The van der Waals surface area contributed by atoms with E-state index in [2.05, 4.69) is 0 Å². The van der Waals surface area contributed by atoms with E-state index in [0.29, 0.717) is 12.2 Å². The largest absolute Gasteiger partial charge is 0.423 e. The highest BCUT2D eigenvalue weighted by Crippen LogP contribution is 2.26. The average molecular weight is 473 g/mol. The molecule has 31 heavy (non-hydrogen) atoms. The molecule has 5 atom stereocenters. The quantitative estimate of drug-likeness (QED) is 0.353. The van der Waals surface area contributed by atoms with Gasteiger partial charge in [-0.2, -0.15) is 0 Å². The van der Waals surface area contributed by atoms with E-state index >= 15 is 0 Å². The van der Waals surface area contributed by atoms with Crippen LogP contribution in [0.25, 0.3) is 0 Å². The molecule has 3 rings (SSSR count). The highest BCUT2D eigenvalue weighted by molar-refractivity contribution is 6.39. The van der Waals surface area contributed by atoms with Crippen molar-refractivity contribution in [2.45, 2.75) is 37.1 Å². The van der Waals surface area contributed by atoms with Crippen molar-refractivity contribution in [3.8, 4) is 5.75 Å².